The molecule has 0 amide bonds. The van der Waals surface area contributed by atoms with Gasteiger partial charge in [-0.3, -0.25) is 9.79 Å². The maximum atomic E-state index is 13.9. The Morgan fingerprint density at radius 3 is 2.20 bits per heavy atom. The fraction of sp³-hybridized carbons (Fsp3) is 0.324. The van der Waals surface area contributed by atoms with Gasteiger partial charge < -0.3 is 9.64 Å². The van der Waals surface area contributed by atoms with Gasteiger partial charge in [-0.2, -0.15) is 0 Å². The number of benzene rings is 3. The summed E-state index contributed by atoms with van der Waals surface area (Å²) in [6.45, 7) is 8.09. The van der Waals surface area contributed by atoms with E-state index < -0.39 is 17.8 Å². The molecule has 6 heteroatoms. The van der Waals surface area contributed by atoms with Crippen molar-refractivity contribution in [2.75, 3.05) is 18.0 Å². The molecule has 3 aromatic carbocycles. The SMILES string of the molecule is CCN(CC)c1ccc(C2C(C(=O)OCc3ccccc3)=C(C)N=C3CC(c4ccc(Cl)cc4)CC(=O)C32)cc1. The summed E-state index contributed by atoms with van der Waals surface area (Å²) >= 11 is 6.11. The molecule has 5 nitrogen and oxygen atoms in total. The molecule has 0 bridgehead atoms. The number of rotatable bonds is 8. The normalized spacial score (nSPS) is 20.6. The molecule has 5 rings (SSSR count). The summed E-state index contributed by atoms with van der Waals surface area (Å²) in [5, 5.41) is 0.671. The molecule has 1 aliphatic heterocycles. The summed E-state index contributed by atoms with van der Waals surface area (Å²) < 4.78 is 5.80. The number of hydrogen-bond donors (Lipinski definition) is 0. The first-order valence-corrected chi connectivity index (χ1v) is 14.4. The number of anilines is 1. The highest BCUT2D eigenvalue weighted by atomic mass is 35.5. The Kier molecular flexibility index (Phi) is 8.51. The summed E-state index contributed by atoms with van der Waals surface area (Å²) in [5.74, 6) is -1.23. The topological polar surface area (TPSA) is 59.0 Å². The van der Waals surface area contributed by atoms with Crippen molar-refractivity contribution in [2.45, 2.75) is 52.1 Å². The molecule has 1 fully saturated rings. The number of carbonyl (C=O) groups is 2. The van der Waals surface area contributed by atoms with Gasteiger partial charge in [-0.1, -0.05) is 66.2 Å². The van der Waals surface area contributed by atoms with Crippen molar-refractivity contribution in [3.8, 4) is 0 Å². The van der Waals surface area contributed by atoms with E-state index in [1.165, 1.54) is 0 Å². The third-order valence-corrected chi connectivity index (χ3v) is 8.36. The largest absolute Gasteiger partial charge is 0.457 e. The van der Waals surface area contributed by atoms with Crippen LogP contribution in [0.5, 0.6) is 0 Å². The average Bonchev–Trinajstić information content (AvgIpc) is 2.97. The van der Waals surface area contributed by atoms with E-state index in [1.54, 1.807) is 0 Å². The average molecular weight is 555 g/mol. The predicted molar refractivity (Wildman–Crippen MR) is 161 cm³/mol. The van der Waals surface area contributed by atoms with E-state index >= 15 is 0 Å². The number of allylic oxidation sites excluding steroid dienone is 1. The smallest absolute Gasteiger partial charge is 0.336 e. The van der Waals surface area contributed by atoms with Gasteiger partial charge in [0, 0.05) is 47.5 Å². The van der Waals surface area contributed by atoms with Crippen molar-refractivity contribution in [2.24, 2.45) is 10.9 Å². The van der Waals surface area contributed by atoms with Gasteiger partial charge >= 0.3 is 5.97 Å². The minimum Gasteiger partial charge on any atom is -0.457 e. The third kappa shape index (κ3) is 5.75. The number of ketones is 1. The lowest BCUT2D eigenvalue weighted by Crippen LogP contribution is -2.41. The van der Waals surface area contributed by atoms with Crippen LogP contribution in [0, 0.1) is 5.92 Å². The summed E-state index contributed by atoms with van der Waals surface area (Å²) in [4.78, 5) is 34.7. The molecule has 3 unspecified atom stereocenters. The quantitative estimate of drug-likeness (QED) is 0.270. The van der Waals surface area contributed by atoms with Crippen LogP contribution >= 0.6 is 11.6 Å². The minimum absolute atomic E-state index is 0.0323. The molecular weight excluding hydrogens is 520 g/mol. The number of hydrogen-bond acceptors (Lipinski definition) is 5. The number of halogens is 1. The number of carbonyl (C=O) groups excluding carboxylic acids is 2. The Balaban J connectivity index is 1.51. The molecule has 0 saturated heterocycles. The highest BCUT2D eigenvalue weighted by Gasteiger charge is 2.46. The van der Waals surface area contributed by atoms with E-state index in [2.05, 4.69) is 43.0 Å². The highest BCUT2D eigenvalue weighted by molar-refractivity contribution is 6.30. The third-order valence-electron chi connectivity index (χ3n) is 8.11. The zero-order chi connectivity index (χ0) is 28.2. The maximum Gasteiger partial charge on any atom is 0.336 e. The number of ether oxygens (including phenoxy) is 1. The van der Waals surface area contributed by atoms with E-state index in [0.717, 1.165) is 41.2 Å². The standard InChI is InChI=1S/C34H35ClN2O3/c1-4-37(5-2)28-17-13-25(14-18-28)32-31(34(39)40-21-23-9-7-6-8-10-23)22(3)36-29-19-26(20-30(38)33(29)32)24-11-15-27(35)16-12-24/h6-18,26,32-33H,4-5,19-21H2,1-3H3. The van der Waals surface area contributed by atoms with Crippen LogP contribution < -0.4 is 4.90 Å². The second-order valence-corrected chi connectivity index (χ2v) is 10.9. The lowest BCUT2D eigenvalue weighted by molar-refractivity contribution is -0.140. The van der Waals surface area contributed by atoms with E-state index in [9.17, 15) is 9.59 Å². The molecule has 3 atom stereocenters. The van der Waals surface area contributed by atoms with Crippen LogP contribution in [0.1, 0.15) is 62.1 Å². The minimum atomic E-state index is -0.495. The second-order valence-electron chi connectivity index (χ2n) is 10.5. The van der Waals surface area contributed by atoms with E-state index in [0.29, 0.717) is 29.1 Å². The van der Waals surface area contributed by atoms with Crippen molar-refractivity contribution in [1.29, 1.82) is 0 Å². The molecule has 0 N–H and O–H groups in total. The molecule has 0 aromatic heterocycles. The number of nitrogens with zero attached hydrogens (tertiary/aromatic N) is 2. The molecule has 2 aliphatic rings. The number of fused-ring (bicyclic) bond motifs is 1. The Morgan fingerprint density at radius 2 is 1.55 bits per heavy atom. The van der Waals surface area contributed by atoms with Crippen LogP contribution in [-0.4, -0.2) is 30.6 Å². The van der Waals surface area contributed by atoms with Crippen LogP contribution in [-0.2, 0) is 20.9 Å². The zero-order valence-electron chi connectivity index (χ0n) is 23.3. The van der Waals surface area contributed by atoms with Crippen LogP contribution in [0.15, 0.2) is 95.1 Å². The molecule has 3 aromatic rings. The van der Waals surface area contributed by atoms with Gasteiger partial charge in [-0.15, -0.1) is 0 Å². The van der Waals surface area contributed by atoms with Crippen LogP contribution in [0.2, 0.25) is 5.02 Å². The molecule has 40 heavy (non-hydrogen) atoms. The van der Waals surface area contributed by atoms with Crippen LogP contribution in [0.25, 0.3) is 0 Å². The number of esters is 1. The number of aliphatic imine (C=N–C) groups is 1. The molecule has 1 heterocycles. The van der Waals surface area contributed by atoms with Crippen molar-refractivity contribution >= 4 is 34.8 Å². The van der Waals surface area contributed by atoms with Gasteiger partial charge in [0.1, 0.15) is 12.4 Å². The lowest BCUT2D eigenvalue weighted by atomic mass is 9.66. The van der Waals surface area contributed by atoms with Crippen molar-refractivity contribution < 1.29 is 14.3 Å². The Morgan fingerprint density at radius 1 is 0.900 bits per heavy atom. The Hall–Kier alpha value is -3.70. The summed E-state index contributed by atoms with van der Waals surface area (Å²) in [5.41, 5.74) is 5.96. The molecule has 1 saturated carbocycles. The first-order chi connectivity index (χ1) is 19.4. The first-order valence-electron chi connectivity index (χ1n) is 14.0. The van der Waals surface area contributed by atoms with E-state index in [4.69, 9.17) is 21.3 Å². The van der Waals surface area contributed by atoms with Gasteiger partial charge in [-0.05, 0) is 74.1 Å². The van der Waals surface area contributed by atoms with Gasteiger partial charge in [0.2, 0.25) is 0 Å². The Bertz CT molecular complexity index is 1420. The fourth-order valence-corrected chi connectivity index (χ4v) is 6.18. The van der Waals surface area contributed by atoms with Crippen molar-refractivity contribution in [3.05, 3.63) is 112 Å². The van der Waals surface area contributed by atoms with Crippen LogP contribution in [0.3, 0.4) is 0 Å². The maximum absolute atomic E-state index is 13.9. The van der Waals surface area contributed by atoms with E-state index in [-0.39, 0.29) is 18.3 Å². The Labute approximate surface area is 241 Å². The van der Waals surface area contributed by atoms with Gasteiger partial charge in [0.15, 0.2) is 0 Å². The molecule has 206 valence electrons. The predicted octanol–water partition coefficient (Wildman–Crippen LogP) is 7.50. The van der Waals surface area contributed by atoms with Gasteiger partial charge in [0.05, 0.1) is 11.5 Å². The molecule has 1 aliphatic carbocycles. The summed E-state index contributed by atoms with van der Waals surface area (Å²) in [6.07, 6.45) is 1.06. The molecule has 0 radical (unpaired) electrons. The monoisotopic (exact) mass is 554 g/mol. The van der Waals surface area contributed by atoms with Crippen molar-refractivity contribution in [3.63, 3.8) is 0 Å². The summed E-state index contributed by atoms with van der Waals surface area (Å²) in [6, 6.07) is 25.6. The zero-order valence-corrected chi connectivity index (χ0v) is 24.0. The van der Waals surface area contributed by atoms with Crippen LogP contribution in [0.4, 0.5) is 5.69 Å². The fourth-order valence-electron chi connectivity index (χ4n) is 6.05. The lowest BCUT2D eigenvalue weighted by Gasteiger charge is -2.38. The number of Topliss-reactive ketones (excluding diaryl/α,β-unsaturated/α-hetero) is 1. The molecule has 0 spiro atoms. The van der Waals surface area contributed by atoms with Gasteiger partial charge in [-0.25, -0.2) is 4.79 Å². The first kappa shape index (κ1) is 27.9. The van der Waals surface area contributed by atoms with Gasteiger partial charge in [0.25, 0.3) is 0 Å². The molecular formula is C34H35ClN2O3. The summed E-state index contributed by atoms with van der Waals surface area (Å²) in [7, 11) is 0. The second kappa shape index (κ2) is 12.2. The highest BCUT2D eigenvalue weighted by Crippen LogP contribution is 2.46. The van der Waals surface area contributed by atoms with Crippen molar-refractivity contribution in [1.82, 2.24) is 0 Å². The van der Waals surface area contributed by atoms with E-state index in [1.807, 2.05) is 61.5 Å².